The zero-order valence-corrected chi connectivity index (χ0v) is 15.4. The van der Waals surface area contributed by atoms with Crippen LogP contribution in [-0.2, 0) is 4.74 Å². The van der Waals surface area contributed by atoms with E-state index in [1.54, 1.807) is 0 Å². The number of hydrogen-bond acceptors (Lipinski definition) is 7. The lowest BCUT2D eigenvalue weighted by Crippen LogP contribution is -2.38. The van der Waals surface area contributed by atoms with Gasteiger partial charge in [0.2, 0.25) is 0 Å². The third-order valence-corrected chi connectivity index (χ3v) is 5.68. The highest BCUT2D eigenvalue weighted by molar-refractivity contribution is 7.99. The van der Waals surface area contributed by atoms with Crippen LogP contribution in [0.2, 0.25) is 0 Å². The number of aromatic nitrogens is 2. The van der Waals surface area contributed by atoms with Gasteiger partial charge >= 0.3 is 5.69 Å². The Hall–Kier alpha value is -2.43. The summed E-state index contributed by atoms with van der Waals surface area (Å²) in [5.41, 5.74) is -1.34. The fourth-order valence-corrected chi connectivity index (χ4v) is 4.08. The van der Waals surface area contributed by atoms with Crippen molar-refractivity contribution < 1.29 is 20.1 Å². The van der Waals surface area contributed by atoms with Crippen LogP contribution >= 0.6 is 11.8 Å². The molecule has 1 aromatic heterocycles. The van der Waals surface area contributed by atoms with E-state index in [-0.39, 0.29) is 4.90 Å². The van der Waals surface area contributed by atoms with Crippen LogP contribution < -0.4 is 11.2 Å². The van der Waals surface area contributed by atoms with Crippen LogP contribution in [0.15, 0.2) is 68.0 Å². The van der Waals surface area contributed by atoms with Crippen molar-refractivity contribution in [3.63, 3.8) is 0 Å². The van der Waals surface area contributed by atoms with Crippen LogP contribution in [0.5, 0.6) is 0 Å². The van der Waals surface area contributed by atoms with E-state index in [0.29, 0.717) is 0 Å². The molecule has 0 amide bonds. The Labute approximate surface area is 163 Å². The minimum atomic E-state index is -1.42. The number of aliphatic hydroxyl groups is 3. The summed E-state index contributed by atoms with van der Waals surface area (Å²) in [7, 11) is 0. The number of rotatable bonds is 4. The van der Waals surface area contributed by atoms with E-state index in [4.69, 9.17) is 4.74 Å². The summed E-state index contributed by atoms with van der Waals surface area (Å²) in [6, 6.07) is 13.5. The molecule has 3 aromatic rings. The molecule has 0 radical (unpaired) electrons. The van der Waals surface area contributed by atoms with Gasteiger partial charge in [0.15, 0.2) is 6.23 Å². The topological polar surface area (TPSA) is 125 Å². The summed E-state index contributed by atoms with van der Waals surface area (Å²) < 4.78 is 6.41. The summed E-state index contributed by atoms with van der Waals surface area (Å²) in [5, 5.41) is 31.4. The van der Waals surface area contributed by atoms with Gasteiger partial charge in [-0.15, -0.1) is 0 Å². The molecule has 4 N–H and O–H groups in total. The number of nitrogens with zero attached hydrogens (tertiary/aromatic N) is 1. The van der Waals surface area contributed by atoms with Crippen molar-refractivity contribution in [3.05, 3.63) is 69.5 Å². The Morgan fingerprint density at radius 2 is 1.82 bits per heavy atom. The SMILES string of the molecule is O=c1[nH]c(=O)n([C@H]2O[C@@H](CO)C(O)C2O)cc1Sc1ccc2ccccc2c1. The van der Waals surface area contributed by atoms with Crippen molar-refractivity contribution in [3.8, 4) is 0 Å². The highest BCUT2D eigenvalue weighted by atomic mass is 32.2. The van der Waals surface area contributed by atoms with Gasteiger partial charge in [-0.1, -0.05) is 42.1 Å². The summed E-state index contributed by atoms with van der Waals surface area (Å²) in [6.07, 6.45) is -3.70. The quantitative estimate of drug-likeness (QED) is 0.499. The van der Waals surface area contributed by atoms with Gasteiger partial charge < -0.3 is 20.1 Å². The average molecular weight is 402 g/mol. The third kappa shape index (κ3) is 3.38. The van der Waals surface area contributed by atoms with E-state index in [1.807, 2.05) is 42.5 Å². The third-order valence-electron chi connectivity index (χ3n) is 4.68. The number of H-pyrrole nitrogens is 1. The predicted octanol–water partition coefficient (Wildman–Crippen LogP) is 0.453. The molecule has 8 nitrogen and oxygen atoms in total. The Bertz CT molecular complexity index is 1130. The van der Waals surface area contributed by atoms with Crippen molar-refractivity contribution >= 4 is 22.5 Å². The highest BCUT2D eigenvalue weighted by Gasteiger charge is 2.43. The van der Waals surface area contributed by atoms with Gasteiger partial charge in [-0.2, -0.15) is 0 Å². The molecule has 1 aliphatic heterocycles. The lowest BCUT2D eigenvalue weighted by Gasteiger charge is -2.17. The molecule has 146 valence electrons. The van der Waals surface area contributed by atoms with Gasteiger partial charge in [0, 0.05) is 11.1 Å². The summed E-state index contributed by atoms with van der Waals surface area (Å²) in [4.78, 5) is 27.7. The second-order valence-electron chi connectivity index (χ2n) is 6.50. The number of aromatic amines is 1. The molecule has 1 fully saturated rings. The van der Waals surface area contributed by atoms with Crippen molar-refractivity contribution in [2.45, 2.75) is 34.3 Å². The van der Waals surface area contributed by atoms with Crippen LogP contribution in [0.4, 0.5) is 0 Å². The summed E-state index contributed by atoms with van der Waals surface area (Å²) in [5.74, 6) is 0. The molecule has 2 unspecified atom stereocenters. The number of aliphatic hydroxyl groups excluding tert-OH is 3. The summed E-state index contributed by atoms with van der Waals surface area (Å²) in [6.45, 7) is -0.508. The molecule has 0 bridgehead atoms. The predicted molar refractivity (Wildman–Crippen MR) is 102 cm³/mol. The Balaban J connectivity index is 1.69. The number of ether oxygens (including phenoxy) is 1. The molecule has 2 aromatic carbocycles. The van der Waals surface area contributed by atoms with Gasteiger partial charge in [0.1, 0.15) is 18.3 Å². The molecule has 1 aliphatic rings. The van der Waals surface area contributed by atoms with Crippen LogP contribution in [0.3, 0.4) is 0 Å². The molecule has 1 saturated heterocycles. The molecule has 28 heavy (non-hydrogen) atoms. The largest absolute Gasteiger partial charge is 0.394 e. The van der Waals surface area contributed by atoms with Gasteiger partial charge in [-0.25, -0.2) is 4.79 Å². The maximum absolute atomic E-state index is 12.3. The fraction of sp³-hybridized carbons (Fsp3) is 0.263. The molecule has 4 rings (SSSR count). The van der Waals surface area contributed by atoms with E-state index >= 15 is 0 Å². The van der Waals surface area contributed by atoms with Gasteiger partial charge in [-0.05, 0) is 22.9 Å². The van der Waals surface area contributed by atoms with Crippen LogP contribution in [-0.4, -0.2) is 49.8 Å². The van der Waals surface area contributed by atoms with Crippen molar-refractivity contribution in [2.24, 2.45) is 0 Å². The molecular weight excluding hydrogens is 384 g/mol. The number of nitrogens with one attached hydrogen (secondary N) is 1. The maximum atomic E-state index is 12.3. The first-order chi connectivity index (χ1) is 13.5. The minimum absolute atomic E-state index is 0.229. The average Bonchev–Trinajstić information content (AvgIpc) is 2.98. The molecule has 4 atom stereocenters. The zero-order chi connectivity index (χ0) is 19.8. The molecule has 9 heteroatoms. The maximum Gasteiger partial charge on any atom is 0.330 e. The van der Waals surface area contributed by atoms with Crippen molar-refractivity contribution in [1.29, 1.82) is 0 Å². The fourth-order valence-electron chi connectivity index (χ4n) is 3.20. The smallest absolute Gasteiger partial charge is 0.330 e. The zero-order valence-electron chi connectivity index (χ0n) is 14.6. The molecular formula is C19H18N2O6S. The lowest BCUT2D eigenvalue weighted by atomic mass is 10.1. The van der Waals surface area contributed by atoms with E-state index in [2.05, 4.69) is 4.98 Å². The van der Waals surface area contributed by atoms with E-state index < -0.39 is 42.4 Å². The van der Waals surface area contributed by atoms with E-state index in [0.717, 1.165) is 20.2 Å². The molecule has 0 saturated carbocycles. The normalized spacial score (nSPS) is 24.7. The minimum Gasteiger partial charge on any atom is -0.394 e. The van der Waals surface area contributed by atoms with Crippen molar-refractivity contribution in [2.75, 3.05) is 6.61 Å². The van der Waals surface area contributed by atoms with Gasteiger partial charge in [0.25, 0.3) is 5.56 Å². The molecule has 2 heterocycles. The Kier molecular flexibility index (Phi) is 5.09. The van der Waals surface area contributed by atoms with Crippen LogP contribution in [0, 0.1) is 0 Å². The summed E-state index contributed by atoms with van der Waals surface area (Å²) >= 11 is 1.17. The number of benzene rings is 2. The lowest BCUT2D eigenvalue weighted by molar-refractivity contribution is -0.0553. The second-order valence-corrected chi connectivity index (χ2v) is 7.62. The second kappa shape index (κ2) is 7.53. The first-order valence-corrected chi connectivity index (χ1v) is 9.44. The Morgan fingerprint density at radius 1 is 1.07 bits per heavy atom. The van der Waals surface area contributed by atoms with Gasteiger partial charge in [0.05, 0.1) is 11.5 Å². The first kappa shape index (κ1) is 18.9. The van der Waals surface area contributed by atoms with Crippen LogP contribution in [0.25, 0.3) is 10.8 Å². The monoisotopic (exact) mass is 402 g/mol. The molecule has 0 aliphatic carbocycles. The number of hydrogen-bond donors (Lipinski definition) is 4. The molecule has 0 spiro atoms. The van der Waals surface area contributed by atoms with E-state index in [9.17, 15) is 24.9 Å². The standard InChI is InChI=1S/C19H18N2O6S/c22-9-13-15(23)16(24)18(27-13)21-8-14(17(25)20-19(21)26)28-12-6-5-10-3-1-2-4-11(10)7-12/h1-8,13,15-16,18,22-24H,9H2,(H,20,25,26)/t13-,15?,16?,18-/m0/s1. The Morgan fingerprint density at radius 3 is 2.54 bits per heavy atom. The highest BCUT2D eigenvalue weighted by Crippen LogP contribution is 2.31. The van der Waals surface area contributed by atoms with Gasteiger partial charge in [-0.3, -0.25) is 14.3 Å². The first-order valence-electron chi connectivity index (χ1n) is 8.62. The van der Waals surface area contributed by atoms with Crippen molar-refractivity contribution in [1.82, 2.24) is 9.55 Å². The number of fused-ring (bicyclic) bond motifs is 1. The van der Waals surface area contributed by atoms with E-state index in [1.165, 1.54) is 18.0 Å². The van der Waals surface area contributed by atoms with Crippen LogP contribution in [0.1, 0.15) is 6.23 Å².